The fourth-order valence-corrected chi connectivity index (χ4v) is 3.99. The minimum atomic E-state index is -0.910. The van der Waals surface area contributed by atoms with E-state index in [9.17, 15) is 9.90 Å². The fourth-order valence-electron chi connectivity index (χ4n) is 3.99. The number of benzene rings is 2. The lowest BCUT2D eigenvalue weighted by molar-refractivity contribution is 0.0696. The van der Waals surface area contributed by atoms with Gasteiger partial charge in [-0.2, -0.15) is 0 Å². The van der Waals surface area contributed by atoms with E-state index in [-0.39, 0.29) is 6.04 Å². The molecule has 5 nitrogen and oxygen atoms in total. The summed E-state index contributed by atoms with van der Waals surface area (Å²) < 4.78 is 0. The Hall–Kier alpha value is -3.02. The second kappa shape index (κ2) is 8.99. The lowest BCUT2D eigenvalue weighted by atomic mass is 9.96. The lowest BCUT2D eigenvalue weighted by Gasteiger charge is -2.39. The molecule has 0 unspecified atom stereocenters. The molecule has 0 radical (unpaired) electrons. The highest BCUT2D eigenvalue weighted by Crippen LogP contribution is 2.29. The number of nitrogens with zero attached hydrogens (tertiary/aromatic N) is 3. The molecule has 0 spiro atoms. The van der Waals surface area contributed by atoms with E-state index in [0.717, 1.165) is 31.9 Å². The van der Waals surface area contributed by atoms with E-state index in [1.165, 1.54) is 17.2 Å². The summed E-state index contributed by atoms with van der Waals surface area (Å²) in [5.41, 5.74) is 3.72. The van der Waals surface area contributed by atoms with Gasteiger partial charge in [0.05, 0.1) is 17.3 Å². The molecule has 1 fully saturated rings. The SMILES string of the molecule is O=C(O)c1ccnc(CN2CCN(C(c3ccccc3)c3ccccc3)CC2)c1. The Morgan fingerprint density at radius 1 is 0.897 bits per heavy atom. The summed E-state index contributed by atoms with van der Waals surface area (Å²) >= 11 is 0. The average molecular weight is 387 g/mol. The molecule has 0 bridgehead atoms. The van der Waals surface area contributed by atoms with E-state index in [1.54, 1.807) is 12.3 Å². The van der Waals surface area contributed by atoms with Crippen LogP contribution in [0.3, 0.4) is 0 Å². The zero-order valence-electron chi connectivity index (χ0n) is 16.3. The summed E-state index contributed by atoms with van der Waals surface area (Å²) in [5.74, 6) is -0.910. The van der Waals surface area contributed by atoms with E-state index in [0.29, 0.717) is 12.1 Å². The molecule has 4 rings (SSSR count). The maximum Gasteiger partial charge on any atom is 0.335 e. The Bertz CT molecular complexity index is 899. The molecule has 1 aliphatic rings. The first-order chi connectivity index (χ1) is 14.2. The van der Waals surface area contributed by atoms with Crippen LogP contribution in [0, 0.1) is 0 Å². The minimum Gasteiger partial charge on any atom is -0.478 e. The molecule has 148 valence electrons. The average Bonchev–Trinajstić information content (AvgIpc) is 2.77. The molecular weight excluding hydrogens is 362 g/mol. The first-order valence-corrected chi connectivity index (χ1v) is 9.95. The standard InChI is InChI=1S/C24H25N3O2/c28-24(29)21-11-12-25-22(17-21)18-26-13-15-27(16-14-26)23(19-7-3-1-4-8-19)20-9-5-2-6-10-20/h1-12,17,23H,13-16,18H2,(H,28,29). The van der Waals surface area contributed by atoms with Crippen molar-refractivity contribution >= 4 is 5.97 Å². The van der Waals surface area contributed by atoms with Crippen LogP contribution < -0.4 is 0 Å². The maximum absolute atomic E-state index is 11.2. The van der Waals surface area contributed by atoms with E-state index >= 15 is 0 Å². The number of hydrogen-bond donors (Lipinski definition) is 1. The minimum absolute atomic E-state index is 0.244. The van der Waals surface area contributed by atoms with Crippen LogP contribution in [-0.2, 0) is 6.54 Å². The smallest absolute Gasteiger partial charge is 0.335 e. The Labute approximate surface area is 171 Å². The summed E-state index contributed by atoms with van der Waals surface area (Å²) in [6.07, 6.45) is 1.58. The van der Waals surface area contributed by atoms with Gasteiger partial charge in [-0.1, -0.05) is 60.7 Å². The van der Waals surface area contributed by atoms with Gasteiger partial charge in [0.25, 0.3) is 0 Å². The van der Waals surface area contributed by atoms with E-state index in [2.05, 4.69) is 75.4 Å². The second-order valence-electron chi connectivity index (χ2n) is 7.38. The normalized spacial score (nSPS) is 15.5. The molecule has 1 N–H and O–H groups in total. The van der Waals surface area contributed by atoms with Gasteiger partial charge in [-0.15, -0.1) is 0 Å². The quantitative estimate of drug-likeness (QED) is 0.699. The van der Waals surface area contributed by atoms with Gasteiger partial charge in [0.1, 0.15) is 0 Å². The summed E-state index contributed by atoms with van der Waals surface area (Å²) in [6, 6.07) is 24.8. The second-order valence-corrected chi connectivity index (χ2v) is 7.38. The Morgan fingerprint density at radius 2 is 1.48 bits per heavy atom. The molecule has 0 atom stereocenters. The Balaban J connectivity index is 1.46. The van der Waals surface area contributed by atoms with Crippen LogP contribution >= 0.6 is 0 Å². The molecule has 1 aromatic heterocycles. The van der Waals surface area contributed by atoms with Crippen molar-refractivity contribution in [3.8, 4) is 0 Å². The summed E-state index contributed by atoms with van der Waals surface area (Å²) in [6.45, 7) is 4.43. The van der Waals surface area contributed by atoms with Crippen LogP contribution in [0.15, 0.2) is 79.0 Å². The number of carboxylic acid groups (broad SMARTS) is 1. The third kappa shape index (κ3) is 4.70. The predicted octanol–water partition coefficient (Wildman–Crippen LogP) is 3.69. The zero-order valence-corrected chi connectivity index (χ0v) is 16.3. The Kier molecular flexibility index (Phi) is 5.98. The number of pyridine rings is 1. The summed E-state index contributed by atoms with van der Waals surface area (Å²) in [7, 11) is 0. The van der Waals surface area contributed by atoms with Crippen LogP contribution in [0.1, 0.15) is 33.2 Å². The van der Waals surface area contributed by atoms with Crippen LogP contribution in [-0.4, -0.2) is 52.0 Å². The van der Waals surface area contributed by atoms with Gasteiger partial charge >= 0.3 is 5.97 Å². The van der Waals surface area contributed by atoms with E-state index in [4.69, 9.17) is 0 Å². The highest BCUT2D eigenvalue weighted by atomic mass is 16.4. The third-order valence-corrected chi connectivity index (χ3v) is 5.45. The van der Waals surface area contributed by atoms with Crippen LogP contribution in [0.25, 0.3) is 0 Å². The van der Waals surface area contributed by atoms with Crippen molar-refractivity contribution in [2.45, 2.75) is 12.6 Å². The van der Waals surface area contributed by atoms with Gasteiger partial charge in [-0.25, -0.2) is 4.79 Å². The van der Waals surface area contributed by atoms with Gasteiger partial charge in [0.2, 0.25) is 0 Å². The summed E-state index contributed by atoms with van der Waals surface area (Å²) in [5, 5.41) is 9.18. The van der Waals surface area contributed by atoms with Crippen molar-refractivity contribution in [3.63, 3.8) is 0 Å². The van der Waals surface area contributed by atoms with Crippen molar-refractivity contribution in [2.24, 2.45) is 0 Å². The molecule has 29 heavy (non-hydrogen) atoms. The number of aromatic carboxylic acids is 1. The number of aromatic nitrogens is 1. The monoisotopic (exact) mass is 387 g/mol. The van der Waals surface area contributed by atoms with E-state index < -0.39 is 5.97 Å². The number of hydrogen-bond acceptors (Lipinski definition) is 4. The van der Waals surface area contributed by atoms with Gasteiger partial charge in [0, 0.05) is 38.9 Å². The van der Waals surface area contributed by atoms with Gasteiger partial charge in [-0.05, 0) is 23.3 Å². The molecule has 5 heteroatoms. The molecule has 2 aromatic carbocycles. The highest BCUT2D eigenvalue weighted by Gasteiger charge is 2.26. The molecule has 0 saturated carbocycles. The van der Waals surface area contributed by atoms with Crippen molar-refractivity contribution in [1.82, 2.24) is 14.8 Å². The van der Waals surface area contributed by atoms with E-state index in [1.807, 2.05) is 0 Å². The van der Waals surface area contributed by atoms with Gasteiger partial charge in [-0.3, -0.25) is 14.8 Å². The molecule has 3 aromatic rings. The molecule has 1 aliphatic heterocycles. The lowest BCUT2D eigenvalue weighted by Crippen LogP contribution is -2.47. The fraction of sp³-hybridized carbons (Fsp3) is 0.250. The van der Waals surface area contributed by atoms with Crippen molar-refractivity contribution in [1.29, 1.82) is 0 Å². The topological polar surface area (TPSA) is 56.7 Å². The molecular formula is C24H25N3O2. The van der Waals surface area contributed by atoms with Crippen LogP contribution in [0.4, 0.5) is 0 Å². The van der Waals surface area contributed by atoms with Crippen molar-refractivity contribution in [3.05, 3.63) is 101 Å². The molecule has 1 saturated heterocycles. The molecule has 2 heterocycles. The number of carbonyl (C=O) groups is 1. The largest absolute Gasteiger partial charge is 0.478 e. The molecule has 0 aliphatic carbocycles. The number of carboxylic acids is 1. The maximum atomic E-state index is 11.2. The molecule has 0 amide bonds. The van der Waals surface area contributed by atoms with Crippen molar-refractivity contribution < 1.29 is 9.90 Å². The first kappa shape index (κ1) is 19.3. The van der Waals surface area contributed by atoms with Crippen LogP contribution in [0.5, 0.6) is 0 Å². The zero-order chi connectivity index (χ0) is 20.1. The van der Waals surface area contributed by atoms with Gasteiger partial charge in [0.15, 0.2) is 0 Å². The number of piperazine rings is 1. The van der Waals surface area contributed by atoms with Gasteiger partial charge < -0.3 is 5.11 Å². The highest BCUT2D eigenvalue weighted by molar-refractivity contribution is 5.87. The predicted molar refractivity (Wildman–Crippen MR) is 113 cm³/mol. The summed E-state index contributed by atoms with van der Waals surface area (Å²) in [4.78, 5) is 20.4. The van der Waals surface area contributed by atoms with Crippen LogP contribution in [0.2, 0.25) is 0 Å². The van der Waals surface area contributed by atoms with Crippen molar-refractivity contribution in [2.75, 3.05) is 26.2 Å². The third-order valence-electron chi connectivity index (χ3n) is 5.45. The Morgan fingerprint density at radius 3 is 2.03 bits per heavy atom. The number of rotatable bonds is 6. The first-order valence-electron chi connectivity index (χ1n) is 9.95.